The predicted octanol–water partition coefficient (Wildman–Crippen LogP) is 4.03. The van der Waals surface area contributed by atoms with Crippen molar-refractivity contribution in [3.63, 3.8) is 0 Å². The van der Waals surface area contributed by atoms with Gasteiger partial charge in [-0.25, -0.2) is 0 Å². The summed E-state index contributed by atoms with van der Waals surface area (Å²) in [6, 6.07) is 6.18. The largest absolute Gasteiger partial charge is 0.486 e. The van der Waals surface area contributed by atoms with Crippen LogP contribution in [0.4, 0.5) is 0 Å². The van der Waals surface area contributed by atoms with Gasteiger partial charge in [0.25, 0.3) is 5.91 Å². The lowest BCUT2D eigenvalue weighted by atomic mass is 9.97. The molecule has 0 unspecified atom stereocenters. The molecule has 1 aromatic carbocycles. The zero-order valence-corrected chi connectivity index (χ0v) is 18.0. The summed E-state index contributed by atoms with van der Waals surface area (Å²) in [5.74, 6) is 0.540. The van der Waals surface area contributed by atoms with Crippen molar-refractivity contribution in [3.05, 3.63) is 64.1 Å². The van der Waals surface area contributed by atoms with Gasteiger partial charge >= 0.3 is 0 Å². The van der Waals surface area contributed by atoms with Crippen LogP contribution in [0.25, 0.3) is 11.3 Å². The topological polar surface area (TPSA) is 60.2 Å². The summed E-state index contributed by atoms with van der Waals surface area (Å²) >= 11 is 6.68. The Morgan fingerprint density at radius 2 is 2.13 bits per heavy atom. The molecule has 2 aliphatic rings. The lowest BCUT2D eigenvalue weighted by Gasteiger charge is -2.23. The van der Waals surface area contributed by atoms with E-state index in [2.05, 4.69) is 23.1 Å². The summed E-state index contributed by atoms with van der Waals surface area (Å²) < 4.78 is 7.92. The number of rotatable bonds is 3. The SMILES string of the molecule is Cc1c(Cc2ccc(-c3cnn(C)c3)nc2)cc2c(c1Cl)O[C@H]1C[C@H](C)N(C1)C2=O. The van der Waals surface area contributed by atoms with E-state index in [0.717, 1.165) is 34.4 Å². The minimum atomic E-state index is 0.00528. The van der Waals surface area contributed by atoms with Crippen molar-refractivity contribution < 1.29 is 9.53 Å². The first kappa shape index (κ1) is 19.1. The molecule has 7 heteroatoms. The number of nitrogens with zero attached hydrogens (tertiary/aromatic N) is 4. The molecule has 5 rings (SSSR count). The summed E-state index contributed by atoms with van der Waals surface area (Å²) in [6.45, 7) is 4.67. The van der Waals surface area contributed by atoms with Gasteiger partial charge < -0.3 is 9.64 Å². The summed E-state index contributed by atoms with van der Waals surface area (Å²) in [5, 5.41) is 4.73. The van der Waals surface area contributed by atoms with Crippen molar-refractivity contribution >= 4 is 17.5 Å². The van der Waals surface area contributed by atoms with Crippen LogP contribution >= 0.6 is 11.6 Å². The van der Waals surface area contributed by atoms with Gasteiger partial charge in [-0.05, 0) is 49.1 Å². The van der Waals surface area contributed by atoms with E-state index in [1.54, 1.807) is 10.9 Å². The van der Waals surface area contributed by atoms with E-state index >= 15 is 0 Å². The minimum Gasteiger partial charge on any atom is -0.486 e. The van der Waals surface area contributed by atoms with Crippen LogP contribution in [0.5, 0.6) is 5.75 Å². The quantitative estimate of drug-likeness (QED) is 0.639. The van der Waals surface area contributed by atoms with Crippen LogP contribution in [0.1, 0.15) is 40.4 Å². The molecule has 2 bridgehead atoms. The second-order valence-corrected chi connectivity index (χ2v) is 8.64. The Morgan fingerprint density at radius 1 is 1.30 bits per heavy atom. The number of aryl methyl sites for hydroxylation is 1. The summed E-state index contributed by atoms with van der Waals surface area (Å²) in [6.07, 6.45) is 7.11. The van der Waals surface area contributed by atoms with E-state index < -0.39 is 0 Å². The van der Waals surface area contributed by atoms with Crippen LogP contribution in [0.2, 0.25) is 5.02 Å². The number of halogens is 1. The molecule has 6 nitrogen and oxygen atoms in total. The molecule has 1 amide bonds. The normalized spacial score (nSPS) is 20.1. The maximum Gasteiger partial charge on any atom is 0.258 e. The number of hydrogen-bond donors (Lipinski definition) is 0. The van der Waals surface area contributed by atoms with Crippen LogP contribution in [-0.4, -0.2) is 44.3 Å². The Hall–Kier alpha value is -2.86. The highest BCUT2D eigenvalue weighted by molar-refractivity contribution is 6.33. The summed E-state index contributed by atoms with van der Waals surface area (Å²) in [5.41, 5.74) is 5.44. The lowest BCUT2D eigenvalue weighted by Crippen LogP contribution is -2.33. The number of fused-ring (bicyclic) bond motifs is 3. The molecule has 1 saturated heterocycles. The average Bonchev–Trinajstić information content (AvgIpc) is 3.29. The molecule has 2 aromatic heterocycles. The van der Waals surface area contributed by atoms with E-state index in [1.165, 1.54) is 0 Å². The zero-order chi connectivity index (χ0) is 21.0. The second kappa shape index (κ2) is 7.13. The molecule has 154 valence electrons. The Morgan fingerprint density at radius 3 is 2.83 bits per heavy atom. The third-order valence-electron chi connectivity index (χ3n) is 6.11. The van der Waals surface area contributed by atoms with Gasteiger partial charge in [0, 0.05) is 37.5 Å². The van der Waals surface area contributed by atoms with Gasteiger partial charge in [0.1, 0.15) is 6.10 Å². The number of amides is 1. The van der Waals surface area contributed by atoms with Crippen molar-refractivity contribution in [1.82, 2.24) is 19.7 Å². The first-order chi connectivity index (χ1) is 14.4. The number of carbonyl (C=O) groups excluding carboxylic acids is 1. The molecule has 0 radical (unpaired) electrons. The number of aromatic nitrogens is 3. The molecule has 4 heterocycles. The maximum absolute atomic E-state index is 13.1. The summed E-state index contributed by atoms with van der Waals surface area (Å²) in [7, 11) is 1.89. The van der Waals surface area contributed by atoms with Crippen molar-refractivity contribution in [2.45, 2.75) is 38.8 Å². The van der Waals surface area contributed by atoms with Crippen LogP contribution < -0.4 is 4.74 Å². The van der Waals surface area contributed by atoms with Gasteiger partial charge in [-0.15, -0.1) is 0 Å². The number of benzene rings is 1. The van der Waals surface area contributed by atoms with Gasteiger partial charge in [-0.2, -0.15) is 5.10 Å². The smallest absolute Gasteiger partial charge is 0.258 e. The molecule has 0 N–H and O–H groups in total. The molecule has 0 aliphatic carbocycles. The molecule has 2 aliphatic heterocycles. The monoisotopic (exact) mass is 422 g/mol. The molecule has 30 heavy (non-hydrogen) atoms. The highest BCUT2D eigenvalue weighted by Gasteiger charge is 2.40. The van der Waals surface area contributed by atoms with Crippen molar-refractivity contribution in [1.29, 1.82) is 0 Å². The standard InChI is InChI=1S/C23H23ClN4O2/c1-13-6-18-12-28(13)23(29)19-8-16(14(2)21(24)22(19)30-18)7-15-4-5-20(25-9-15)17-10-26-27(3)11-17/h4-5,8-11,13,18H,6-7,12H2,1-3H3/t13-,18-/m0/s1. The van der Waals surface area contributed by atoms with Gasteiger partial charge in [0.2, 0.25) is 0 Å². The van der Waals surface area contributed by atoms with E-state index in [9.17, 15) is 4.79 Å². The molecule has 3 aromatic rings. The Bertz CT molecular complexity index is 1140. The lowest BCUT2D eigenvalue weighted by molar-refractivity contribution is 0.0748. The first-order valence-electron chi connectivity index (χ1n) is 10.1. The number of pyridine rings is 1. The third kappa shape index (κ3) is 3.16. The van der Waals surface area contributed by atoms with Crippen LogP contribution in [0, 0.1) is 6.92 Å². The van der Waals surface area contributed by atoms with Crippen molar-refractivity contribution in [2.75, 3.05) is 6.54 Å². The fraction of sp³-hybridized carbons (Fsp3) is 0.348. The number of carbonyl (C=O) groups is 1. The first-order valence-corrected chi connectivity index (χ1v) is 10.5. The molecule has 0 spiro atoms. The van der Waals surface area contributed by atoms with Crippen LogP contribution in [0.3, 0.4) is 0 Å². The van der Waals surface area contributed by atoms with E-state index in [1.807, 2.05) is 43.4 Å². The Labute approximate surface area is 180 Å². The minimum absolute atomic E-state index is 0.00528. The zero-order valence-electron chi connectivity index (χ0n) is 17.2. The van der Waals surface area contributed by atoms with E-state index in [0.29, 0.717) is 29.3 Å². The third-order valence-corrected chi connectivity index (χ3v) is 6.56. The highest BCUT2D eigenvalue weighted by Crippen LogP contribution is 2.40. The molecule has 1 fully saturated rings. The fourth-order valence-corrected chi connectivity index (χ4v) is 4.65. The molecule has 0 saturated carbocycles. The van der Waals surface area contributed by atoms with Gasteiger partial charge in [-0.3, -0.25) is 14.5 Å². The van der Waals surface area contributed by atoms with Crippen molar-refractivity contribution in [2.24, 2.45) is 7.05 Å². The predicted molar refractivity (Wildman–Crippen MR) is 115 cm³/mol. The molecule has 2 atom stereocenters. The van der Waals surface area contributed by atoms with Crippen LogP contribution in [0.15, 0.2) is 36.8 Å². The Kier molecular flexibility index (Phi) is 4.54. The average molecular weight is 423 g/mol. The fourth-order valence-electron chi connectivity index (χ4n) is 4.38. The van der Waals surface area contributed by atoms with Crippen molar-refractivity contribution in [3.8, 4) is 17.0 Å². The van der Waals surface area contributed by atoms with Crippen LogP contribution in [-0.2, 0) is 13.5 Å². The van der Waals surface area contributed by atoms with E-state index in [-0.39, 0.29) is 18.1 Å². The van der Waals surface area contributed by atoms with Gasteiger partial charge in [0.05, 0.1) is 29.0 Å². The summed E-state index contributed by atoms with van der Waals surface area (Å²) in [4.78, 5) is 19.6. The second-order valence-electron chi connectivity index (χ2n) is 8.26. The maximum atomic E-state index is 13.1. The Balaban J connectivity index is 1.47. The van der Waals surface area contributed by atoms with Gasteiger partial charge in [-0.1, -0.05) is 17.7 Å². The number of hydrogen-bond acceptors (Lipinski definition) is 4. The van der Waals surface area contributed by atoms with E-state index in [4.69, 9.17) is 16.3 Å². The van der Waals surface area contributed by atoms with Gasteiger partial charge in [0.15, 0.2) is 5.75 Å². The molecular weight excluding hydrogens is 400 g/mol. The highest BCUT2D eigenvalue weighted by atomic mass is 35.5. The molecular formula is C23H23ClN4O2. The number of ether oxygens (including phenoxy) is 1.